The van der Waals surface area contributed by atoms with Crippen LogP contribution in [0.4, 0.5) is 0 Å². The topological polar surface area (TPSA) is 73.6 Å². The summed E-state index contributed by atoms with van der Waals surface area (Å²) in [6.07, 6.45) is 4.37. The minimum Gasteiger partial charge on any atom is -0.382 e. The lowest BCUT2D eigenvalue weighted by molar-refractivity contribution is -0.130. The molecular weight excluding hydrogens is 232 g/mol. The van der Waals surface area contributed by atoms with Crippen molar-refractivity contribution >= 4 is 5.91 Å². The third kappa shape index (κ3) is 3.22. The molecule has 2 rings (SSSR count). The molecule has 2 aliphatic carbocycles. The van der Waals surface area contributed by atoms with Crippen LogP contribution in [0.3, 0.4) is 0 Å². The van der Waals surface area contributed by atoms with E-state index < -0.39 is 5.54 Å². The van der Waals surface area contributed by atoms with Gasteiger partial charge in [-0.05, 0) is 38.5 Å². The Hall–Kier alpha value is -0.650. The number of hydrogen-bond acceptors (Lipinski definition) is 4. The van der Waals surface area contributed by atoms with Gasteiger partial charge in [-0.3, -0.25) is 10.1 Å². The van der Waals surface area contributed by atoms with Crippen LogP contribution < -0.4 is 11.1 Å². The van der Waals surface area contributed by atoms with Gasteiger partial charge in [-0.25, -0.2) is 0 Å². The summed E-state index contributed by atoms with van der Waals surface area (Å²) in [5.74, 6) is 0.0619. The Labute approximate surface area is 108 Å². The Morgan fingerprint density at radius 3 is 2.56 bits per heavy atom. The molecular formula is C13H24N2O3. The maximum Gasteiger partial charge on any atom is 0.240 e. The highest BCUT2D eigenvalue weighted by molar-refractivity contribution is 5.86. The third-order valence-electron chi connectivity index (χ3n) is 3.75. The SMILES string of the molecule is COCC(C)OCC(NC1CC1)(C(N)=O)C1CC1. The monoisotopic (exact) mass is 256 g/mol. The van der Waals surface area contributed by atoms with Gasteiger partial charge in [0.2, 0.25) is 5.91 Å². The van der Waals surface area contributed by atoms with Crippen LogP contribution in [0.5, 0.6) is 0 Å². The van der Waals surface area contributed by atoms with Crippen molar-refractivity contribution in [3.05, 3.63) is 0 Å². The first-order valence-electron chi connectivity index (χ1n) is 6.76. The van der Waals surface area contributed by atoms with E-state index in [0.717, 1.165) is 25.7 Å². The van der Waals surface area contributed by atoms with Crippen molar-refractivity contribution < 1.29 is 14.3 Å². The third-order valence-corrected chi connectivity index (χ3v) is 3.75. The molecule has 5 nitrogen and oxygen atoms in total. The molecule has 2 saturated carbocycles. The summed E-state index contributed by atoms with van der Waals surface area (Å²) in [5, 5.41) is 3.42. The van der Waals surface area contributed by atoms with E-state index in [4.69, 9.17) is 15.2 Å². The van der Waals surface area contributed by atoms with Gasteiger partial charge in [0.05, 0.1) is 19.3 Å². The second kappa shape index (κ2) is 5.55. The van der Waals surface area contributed by atoms with E-state index in [2.05, 4.69) is 5.32 Å². The minimum atomic E-state index is -0.664. The molecule has 2 fully saturated rings. The quantitative estimate of drug-likeness (QED) is 0.627. The Kier molecular flexibility index (Phi) is 4.25. The Morgan fingerprint density at radius 1 is 1.44 bits per heavy atom. The van der Waals surface area contributed by atoms with Crippen LogP contribution in [0.2, 0.25) is 0 Å². The molecule has 0 heterocycles. The first-order chi connectivity index (χ1) is 8.58. The van der Waals surface area contributed by atoms with Crippen molar-refractivity contribution in [2.45, 2.75) is 50.3 Å². The molecule has 0 bridgehead atoms. The highest BCUT2D eigenvalue weighted by atomic mass is 16.5. The van der Waals surface area contributed by atoms with Crippen LogP contribution >= 0.6 is 0 Å². The van der Waals surface area contributed by atoms with Crippen molar-refractivity contribution in [2.75, 3.05) is 20.3 Å². The molecule has 2 unspecified atom stereocenters. The van der Waals surface area contributed by atoms with Gasteiger partial charge in [0, 0.05) is 13.2 Å². The fourth-order valence-electron chi connectivity index (χ4n) is 2.35. The number of hydrogen-bond donors (Lipinski definition) is 2. The van der Waals surface area contributed by atoms with Crippen molar-refractivity contribution in [3.63, 3.8) is 0 Å². The van der Waals surface area contributed by atoms with Gasteiger partial charge in [-0.2, -0.15) is 0 Å². The van der Waals surface area contributed by atoms with E-state index in [1.165, 1.54) is 0 Å². The Balaban J connectivity index is 1.96. The molecule has 0 spiro atoms. The van der Waals surface area contributed by atoms with E-state index in [0.29, 0.717) is 25.2 Å². The Morgan fingerprint density at radius 2 is 2.11 bits per heavy atom. The van der Waals surface area contributed by atoms with Crippen molar-refractivity contribution in [1.82, 2.24) is 5.32 Å². The van der Waals surface area contributed by atoms with E-state index in [1.54, 1.807) is 7.11 Å². The number of rotatable bonds is 9. The van der Waals surface area contributed by atoms with Crippen LogP contribution in [0.25, 0.3) is 0 Å². The lowest BCUT2D eigenvalue weighted by Crippen LogP contribution is -2.61. The van der Waals surface area contributed by atoms with Gasteiger partial charge in [-0.1, -0.05) is 0 Å². The highest BCUT2D eigenvalue weighted by Gasteiger charge is 2.52. The minimum absolute atomic E-state index is 0.0199. The van der Waals surface area contributed by atoms with Gasteiger partial charge >= 0.3 is 0 Å². The predicted octanol–water partition coefficient (Wildman–Crippen LogP) is 0.424. The fraction of sp³-hybridized carbons (Fsp3) is 0.923. The molecule has 1 amide bonds. The molecule has 0 radical (unpaired) electrons. The van der Waals surface area contributed by atoms with Crippen LogP contribution in [-0.2, 0) is 14.3 Å². The van der Waals surface area contributed by atoms with E-state index in [-0.39, 0.29) is 12.0 Å². The smallest absolute Gasteiger partial charge is 0.240 e. The molecule has 18 heavy (non-hydrogen) atoms. The van der Waals surface area contributed by atoms with Crippen molar-refractivity contribution in [3.8, 4) is 0 Å². The summed E-state index contributed by atoms with van der Waals surface area (Å²) in [5.41, 5.74) is 4.97. The number of nitrogens with two attached hydrogens (primary N) is 1. The molecule has 2 aliphatic rings. The van der Waals surface area contributed by atoms with Crippen molar-refractivity contribution in [2.24, 2.45) is 11.7 Å². The number of amides is 1. The largest absolute Gasteiger partial charge is 0.382 e. The van der Waals surface area contributed by atoms with Gasteiger partial charge in [0.25, 0.3) is 0 Å². The van der Waals surface area contributed by atoms with Gasteiger partial charge in [0.15, 0.2) is 0 Å². The zero-order valence-corrected chi connectivity index (χ0v) is 11.3. The zero-order valence-electron chi connectivity index (χ0n) is 11.3. The lowest BCUT2D eigenvalue weighted by Gasteiger charge is -2.33. The number of carbonyl (C=O) groups excluding carboxylic acids is 1. The Bertz CT molecular complexity index is 303. The summed E-state index contributed by atoms with van der Waals surface area (Å²) in [4.78, 5) is 11.9. The number of methoxy groups -OCH3 is 1. The summed E-state index contributed by atoms with van der Waals surface area (Å²) in [6.45, 7) is 2.83. The van der Waals surface area contributed by atoms with Crippen molar-refractivity contribution in [1.29, 1.82) is 0 Å². The molecule has 0 aromatic rings. The lowest BCUT2D eigenvalue weighted by atomic mass is 9.93. The number of carbonyl (C=O) groups is 1. The van der Waals surface area contributed by atoms with Gasteiger partial charge in [-0.15, -0.1) is 0 Å². The maximum absolute atomic E-state index is 11.9. The number of ether oxygens (including phenoxy) is 2. The number of primary amides is 1. The fourth-order valence-corrected chi connectivity index (χ4v) is 2.35. The molecule has 104 valence electrons. The first kappa shape index (κ1) is 13.8. The van der Waals surface area contributed by atoms with Crippen LogP contribution in [0.1, 0.15) is 32.6 Å². The summed E-state index contributed by atoms with van der Waals surface area (Å²) in [7, 11) is 1.64. The van der Waals surface area contributed by atoms with Crippen LogP contribution in [0, 0.1) is 5.92 Å². The van der Waals surface area contributed by atoms with Gasteiger partial charge < -0.3 is 15.2 Å². The van der Waals surface area contributed by atoms with E-state index in [9.17, 15) is 4.79 Å². The second-order valence-electron chi connectivity index (χ2n) is 5.61. The molecule has 0 aromatic heterocycles. The van der Waals surface area contributed by atoms with Crippen LogP contribution in [0.15, 0.2) is 0 Å². The summed E-state index contributed by atoms with van der Waals surface area (Å²) >= 11 is 0. The standard InChI is InChI=1S/C13H24N2O3/c1-9(7-17-2)18-8-13(12(14)16,10-3-4-10)15-11-5-6-11/h9-11,15H,3-8H2,1-2H3,(H2,14,16). The highest BCUT2D eigenvalue weighted by Crippen LogP contribution is 2.41. The summed E-state index contributed by atoms with van der Waals surface area (Å²) < 4.78 is 10.8. The van der Waals surface area contributed by atoms with Gasteiger partial charge in [0.1, 0.15) is 5.54 Å². The first-order valence-corrected chi connectivity index (χ1v) is 6.76. The normalized spacial score (nSPS) is 24.6. The summed E-state index contributed by atoms with van der Waals surface area (Å²) in [6, 6.07) is 0.444. The molecule has 0 aliphatic heterocycles. The number of nitrogens with one attached hydrogen (secondary N) is 1. The average Bonchev–Trinajstić information content (AvgIpc) is 3.14. The van der Waals surface area contributed by atoms with Crippen LogP contribution in [-0.4, -0.2) is 43.9 Å². The molecule has 0 aromatic carbocycles. The van der Waals surface area contributed by atoms with E-state index in [1.807, 2.05) is 6.92 Å². The zero-order chi connectivity index (χ0) is 13.2. The molecule has 0 saturated heterocycles. The van der Waals surface area contributed by atoms with E-state index >= 15 is 0 Å². The second-order valence-corrected chi connectivity index (χ2v) is 5.61. The maximum atomic E-state index is 11.9. The molecule has 2 atom stereocenters. The average molecular weight is 256 g/mol. The molecule has 3 N–H and O–H groups in total. The predicted molar refractivity (Wildman–Crippen MR) is 68.1 cm³/mol. The molecule has 5 heteroatoms.